The molecule has 0 amide bonds. The second-order valence-electron chi connectivity index (χ2n) is 6.60. The van der Waals surface area contributed by atoms with E-state index in [9.17, 15) is 44.5 Å². The largest absolute Gasteiger partial charge is 0.483 e. The number of carbonyl (C=O) groups is 3. The van der Waals surface area contributed by atoms with Gasteiger partial charge in [0.1, 0.15) is 0 Å². The van der Waals surface area contributed by atoms with Crippen molar-refractivity contribution in [2.75, 3.05) is 0 Å². The van der Waals surface area contributed by atoms with Gasteiger partial charge in [-0.05, 0) is 42.7 Å². The first-order valence-electron chi connectivity index (χ1n) is 9.62. The molecule has 2 aliphatic heterocycles. The van der Waals surface area contributed by atoms with Gasteiger partial charge in [-0.25, -0.2) is 14.4 Å². The molecule has 0 bridgehead atoms. The third-order valence-corrected chi connectivity index (χ3v) is 7.41. The average molecular weight is 915 g/mol. The minimum atomic E-state index is -5.33. The Bertz CT molecular complexity index is 1040. The van der Waals surface area contributed by atoms with Crippen molar-refractivity contribution in [2.24, 2.45) is 0 Å². The summed E-state index contributed by atoms with van der Waals surface area (Å²) in [6.45, 7) is 6.62. The van der Waals surface area contributed by atoms with Crippen molar-refractivity contribution >= 4 is 51.8 Å². The van der Waals surface area contributed by atoms with E-state index in [1.54, 1.807) is 0 Å². The molecule has 2 heterocycles. The lowest BCUT2D eigenvalue weighted by Crippen LogP contribution is -3.61. The summed E-state index contributed by atoms with van der Waals surface area (Å²) in [4.78, 5) is 26.7. The van der Waals surface area contributed by atoms with E-state index in [1.165, 1.54) is 18.3 Å². The van der Waals surface area contributed by atoms with Crippen LogP contribution in [-0.4, -0.2) is 26.6 Å². The van der Waals surface area contributed by atoms with Gasteiger partial charge in [0.25, 0.3) is 0 Å². The highest BCUT2D eigenvalue weighted by molar-refractivity contribution is 8.17. The summed E-state index contributed by atoms with van der Waals surface area (Å²) in [7, 11) is -4.11. The maximum Gasteiger partial charge on any atom is 0.483 e. The minimum absolute atomic E-state index is 0. The van der Waals surface area contributed by atoms with E-state index < -0.39 is 28.4 Å². The Morgan fingerprint density at radius 2 is 1.00 bits per heavy atom. The van der Waals surface area contributed by atoms with E-state index in [4.69, 9.17) is 4.79 Å². The van der Waals surface area contributed by atoms with Gasteiger partial charge in [-0.2, -0.15) is 13.2 Å². The number of aryl methyl sites for hydroxylation is 1. The first kappa shape index (κ1) is 75.8. The van der Waals surface area contributed by atoms with Crippen LogP contribution >= 0.6 is 24.1 Å². The summed E-state index contributed by atoms with van der Waals surface area (Å²) in [5.74, 6) is -2.50. The van der Waals surface area contributed by atoms with E-state index in [0.29, 0.717) is 5.92 Å². The third kappa shape index (κ3) is 45.7. The van der Waals surface area contributed by atoms with Gasteiger partial charge >= 0.3 is 43.6 Å². The van der Waals surface area contributed by atoms with E-state index in [-0.39, 0.29) is 84.3 Å². The molecule has 6 nitrogen and oxygen atoms in total. The molecule has 2 fully saturated rings. The third-order valence-electron chi connectivity index (χ3n) is 3.42. The SMILES string of the molecule is C.C.Cc1ccc([I+]c2ccc(C(C)C)cc2)cc1.F.F.F.F.F.F.F.F.O=C(F)F.O=C1OS1.O=C1OS1.O=S([C-](F)F)C(F)(F)F. The summed E-state index contributed by atoms with van der Waals surface area (Å²) in [6, 6.07) is 18.1. The van der Waals surface area contributed by atoms with Crippen LogP contribution in [0, 0.1) is 19.8 Å². The van der Waals surface area contributed by atoms with Crippen molar-refractivity contribution in [3.05, 3.63) is 72.6 Å². The summed E-state index contributed by atoms with van der Waals surface area (Å²) in [5, 5.41) is -0.333. The Kier molecular flexibility index (Phi) is 61.6. The van der Waals surface area contributed by atoms with E-state index in [0.717, 1.165) is 24.1 Å². The van der Waals surface area contributed by atoms with E-state index in [1.807, 2.05) is 0 Å². The standard InChI is InChI=1S/C16H18I.C2F5OS.CF2O.2CO2S.2CH4.8FH/c1-12(2)14-6-10-16(11-7-14)17-15-8-4-13(3)5-9-15;3-1(4)9(8)2(5,6)7;2-1(3)4;2*2-1-3-4-1;;;;;;;;;;/h4-12H,1-3H3;;;;;2*1H4;8*1H/q+1;-1;;;;;;;;;;;;;. The van der Waals surface area contributed by atoms with Crippen molar-refractivity contribution < 1.29 is 117 Å². The normalized spacial score (nSPS) is 10.7. The zero-order valence-corrected chi connectivity index (χ0v) is 27.3. The van der Waals surface area contributed by atoms with E-state index >= 15 is 0 Å². The Hall–Kier alpha value is -2.42. The second kappa shape index (κ2) is 39.0. The number of hydrogen-bond donors (Lipinski definition) is 0. The lowest BCUT2D eigenvalue weighted by atomic mass is 10.0. The van der Waals surface area contributed by atoms with Crippen LogP contribution in [-0.2, 0) is 19.2 Å². The molecule has 2 aromatic rings. The van der Waals surface area contributed by atoms with Crippen LogP contribution in [0.4, 0.5) is 82.8 Å². The van der Waals surface area contributed by atoms with Crippen molar-refractivity contribution in [1.82, 2.24) is 0 Å². The van der Waals surface area contributed by atoms with Crippen molar-refractivity contribution in [2.45, 2.75) is 47.1 Å². The van der Waals surface area contributed by atoms with Crippen LogP contribution in [0.1, 0.15) is 45.7 Å². The van der Waals surface area contributed by atoms with Crippen LogP contribution in [0.2, 0.25) is 0 Å². The number of rotatable bonds is 4. The van der Waals surface area contributed by atoms with Gasteiger partial charge in [-0.15, -0.1) is 8.78 Å². The van der Waals surface area contributed by atoms with Gasteiger partial charge in [-0.1, -0.05) is 58.5 Å². The number of halogens is 16. The highest BCUT2D eigenvalue weighted by Crippen LogP contribution is 2.28. The van der Waals surface area contributed by atoms with Gasteiger partial charge in [0.15, 0.2) is 31.2 Å². The Morgan fingerprint density at radius 3 is 1.17 bits per heavy atom. The smallest absolute Gasteiger partial charge is 0.406 e. The molecule has 292 valence electrons. The second-order valence-corrected chi connectivity index (χ2v) is 12.3. The van der Waals surface area contributed by atoms with Gasteiger partial charge < -0.3 is 17.1 Å². The maximum absolute atomic E-state index is 10.9. The number of alkyl halides is 3. The summed E-state index contributed by atoms with van der Waals surface area (Å²) >= 11 is 1.75. The fourth-order valence-electron chi connectivity index (χ4n) is 1.75. The Balaban J connectivity index is -0.0000000426. The van der Waals surface area contributed by atoms with Crippen LogP contribution in [0.5, 0.6) is 0 Å². The van der Waals surface area contributed by atoms with Gasteiger partial charge in [0.2, 0.25) is 0 Å². The molecule has 0 saturated carbocycles. The fraction of sp³-hybridized carbons (Fsp3) is 0.304. The zero-order chi connectivity index (χ0) is 29.5. The highest BCUT2D eigenvalue weighted by atomic mass is 127. The van der Waals surface area contributed by atoms with Gasteiger partial charge in [-0.3, -0.25) is 41.8 Å². The number of benzene rings is 2. The molecule has 0 aromatic heterocycles. The quantitative estimate of drug-likeness (QED) is 0.0762. The topological polar surface area (TPSA) is 93.3 Å². The Morgan fingerprint density at radius 1 is 0.750 bits per heavy atom. The molecule has 1 atom stereocenters. The predicted octanol–water partition coefficient (Wildman–Crippen LogP) is 7.99. The van der Waals surface area contributed by atoms with Crippen LogP contribution in [0.15, 0.2) is 48.5 Å². The number of hydrogen-bond acceptors (Lipinski definition) is 8. The molecular formula is C23H34F15IO6S3. The zero-order valence-electron chi connectivity index (χ0n) is 22.7. The molecule has 25 heteroatoms. The fourth-order valence-corrected chi connectivity index (χ4v) is 4.15. The molecule has 0 spiro atoms. The monoisotopic (exact) mass is 914 g/mol. The molecule has 4 rings (SSSR count). The predicted molar refractivity (Wildman–Crippen MR) is 158 cm³/mol. The van der Waals surface area contributed by atoms with Crippen LogP contribution in [0.3, 0.4) is 0 Å². The first-order valence-corrected chi connectivity index (χ1v) is 14.4. The molecule has 2 aromatic carbocycles. The maximum atomic E-state index is 10.9. The number of carbonyl (C=O) groups excluding carboxylic acids is 3. The van der Waals surface area contributed by atoms with Gasteiger partial charge in [0.05, 0.1) is 5.76 Å². The Labute approximate surface area is 287 Å². The summed E-state index contributed by atoms with van der Waals surface area (Å²) < 4.78 is 94.1. The molecule has 0 N–H and O–H groups in total. The molecule has 2 aliphatic rings. The lowest BCUT2D eigenvalue weighted by Gasteiger charge is -2.13. The minimum Gasteiger partial charge on any atom is -0.406 e. The molecule has 1 unspecified atom stereocenters. The average Bonchev–Trinajstić information content (AvgIpc) is 3.75. The first-order chi connectivity index (χ1) is 17.5. The summed E-state index contributed by atoms with van der Waals surface area (Å²) in [6.07, 6.45) is -2.83. The van der Waals surface area contributed by atoms with Gasteiger partial charge in [0, 0.05) is 10.8 Å². The molecular weight excluding hydrogens is 880 g/mol. The molecule has 0 radical (unpaired) electrons. The summed E-state index contributed by atoms with van der Waals surface area (Å²) in [5.41, 5.74) is -2.56. The van der Waals surface area contributed by atoms with Crippen molar-refractivity contribution in [3.63, 3.8) is 0 Å². The van der Waals surface area contributed by atoms with Crippen molar-refractivity contribution in [3.8, 4) is 0 Å². The van der Waals surface area contributed by atoms with Crippen LogP contribution < -0.4 is 21.2 Å². The molecule has 0 aliphatic carbocycles. The highest BCUT2D eigenvalue weighted by Gasteiger charge is 2.34. The molecule has 2 saturated heterocycles. The lowest BCUT2D eigenvalue weighted by molar-refractivity contribution is -0.597. The molecule has 48 heavy (non-hydrogen) atoms. The van der Waals surface area contributed by atoms with Crippen molar-refractivity contribution in [1.29, 1.82) is 0 Å². The van der Waals surface area contributed by atoms with E-state index in [2.05, 4.69) is 77.7 Å². The van der Waals surface area contributed by atoms with Crippen LogP contribution in [0.25, 0.3) is 0 Å².